The van der Waals surface area contributed by atoms with Crippen molar-refractivity contribution in [3.05, 3.63) is 17.0 Å². The Morgan fingerprint density at radius 3 is 2.84 bits per heavy atom. The minimum atomic E-state index is -3.31. The predicted molar refractivity (Wildman–Crippen MR) is 79.2 cm³/mol. The summed E-state index contributed by atoms with van der Waals surface area (Å²) in [5.41, 5.74) is 0. The molecule has 1 fully saturated rings. The number of sulfonamides is 1. The third kappa shape index (κ3) is 3.18. The van der Waals surface area contributed by atoms with Gasteiger partial charge in [-0.05, 0) is 38.4 Å². The Kier molecular flexibility index (Phi) is 5.00. The van der Waals surface area contributed by atoms with E-state index in [9.17, 15) is 8.42 Å². The third-order valence-corrected chi connectivity index (χ3v) is 7.21. The fraction of sp³-hybridized carbons (Fsp3) is 0.692. The maximum atomic E-state index is 12.7. The number of nitrogens with zero attached hydrogens (tertiary/aromatic N) is 1. The molecule has 0 bridgehead atoms. The van der Waals surface area contributed by atoms with Crippen LogP contribution in [0.2, 0.25) is 0 Å². The molecule has 19 heavy (non-hydrogen) atoms. The van der Waals surface area contributed by atoms with Crippen molar-refractivity contribution in [2.45, 2.75) is 42.9 Å². The van der Waals surface area contributed by atoms with Gasteiger partial charge in [0.2, 0.25) is 0 Å². The topological polar surface area (TPSA) is 49.4 Å². The molecule has 1 N–H and O–H groups in total. The molecule has 1 aliphatic rings. The number of thiophene rings is 1. The van der Waals surface area contributed by atoms with E-state index in [-0.39, 0.29) is 6.04 Å². The van der Waals surface area contributed by atoms with Gasteiger partial charge in [0.25, 0.3) is 10.0 Å². The van der Waals surface area contributed by atoms with E-state index in [0.717, 1.165) is 37.1 Å². The van der Waals surface area contributed by atoms with Crippen LogP contribution in [-0.2, 0) is 16.4 Å². The van der Waals surface area contributed by atoms with Crippen molar-refractivity contribution in [1.82, 2.24) is 9.62 Å². The molecule has 0 spiro atoms. The molecule has 0 aromatic carbocycles. The summed E-state index contributed by atoms with van der Waals surface area (Å²) in [6.45, 7) is 3.42. The Labute approximate surface area is 119 Å². The lowest BCUT2D eigenvalue weighted by molar-refractivity contribution is 0.249. The van der Waals surface area contributed by atoms with Crippen molar-refractivity contribution in [3.63, 3.8) is 0 Å². The summed E-state index contributed by atoms with van der Waals surface area (Å²) in [4.78, 5) is 1.13. The van der Waals surface area contributed by atoms with Gasteiger partial charge in [0.15, 0.2) is 0 Å². The lowest BCUT2D eigenvalue weighted by Gasteiger charge is -2.34. The molecule has 6 heteroatoms. The van der Waals surface area contributed by atoms with E-state index in [0.29, 0.717) is 10.8 Å². The maximum Gasteiger partial charge on any atom is 0.252 e. The summed E-state index contributed by atoms with van der Waals surface area (Å²) in [5.74, 6) is 0. The van der Waals surface area contributed by atoms with Crippen LogP contribution in [0.3, 0.4) is 0 Å². The first-order valence-corrected chi connectivity index (χ1v) is 9.10. The van der Waals surface area contributed by atoms with Gasteiger partial charge in [0.05, 0.1) is 0 Å². The van der Waals surface area contributed by atoms with Gasteiger partial charge in [-0.15, -0.1) is 11.3 Å². The smallest absolute Gasteiger partial charge is 0.252 e. The average molecular weight is 302 g/mol. The Morgan fingerprint density at radius 1 is 1.42 bits per heavy atom. The monoisotopic (exact) mass is 302 g/mol. The minimum Gasteiger partial charge on any atom is -0.318 e. The molecular weight excluding hydrogens is 280 g/mol. The van der Waals surface area contributed by atoms with Crippen LogP contribution in [-0.4, -0.2) is 38.9 Å². The van der Waals surface area contributed by atoms with E-state index in [2.05, 4.69) is 5.32 Å². The molecule has 1 unspecified atom stereocenters. The van der Waals surface area contributed by atoms with E-state index in [4.69, 9.17) is 0 Å². The molecule has 1 saturated heterocycles. The number of likely N-dealkylation sites (N-methyl/N-ethyl adjacent to an activating group) is 1. The lowest BCUT2D eigenvalue weighted by Crippen LogP contribution is -2.47. The summed E-state index contributed by atoms with van der Waals surface area (Å²) in [7, 11) is -1.44. The second-order valence-corrected chi connectivity index (χ2v) is 8.18. The molecule has 4 nitrogen and oxygen atoms in total. The molecule has 0 amide bonds. The predicted octanol–water partition coefficient (Wildman–Crippen LogP) is 2.07. The van der Waals surface area contributed by atoms with Crippen molar-refractivity contribution >= 4 is 21.4 Å². The molecule has 1 atom stereocenters. The van der Waals surface area contributed by atoms with Crippen LogP contribution in [0, 0.1) is 0 Å². The van der Waals surface area contributed by atoms with Crippen molar-refractivity contribution in [2.75, 3.05) is 20.1 Å². The normalized spacial score (nSPS) is 21.7. The first-order chi connectivity index (χ1) is 9.09. The van der Waals surface area contributed by atoms with Crippen LogP contribution in [0.25, 0.3) is 0 Å². The highest BCUT2D eigenvalue weighted by Crippen LogP contribution is 2.29. The number of piperidine rings is 1. The van der Waals surface area contributed by atoms with Crippen LogP contribution in [0.4, 0.5) is 0 Å². The minimum absolute atomic E-state index is 0.0935. The largest absolute Gasteiger partial charge is 0.318 e. The van der Waals surface area contributed by atoms with Gasteiger partial charge in [0, 0.05) is 24.0 Å². The van der Waals surface area contributed by atoms with E-state index in [1.54, 1.807) is 10.4 Å². The zero-order chi connectivity index (χ0) is 13.9. The number of hydrogen-bond donors (Lipinski definition) is 1. The van der Waals surface area contributed by atoms with Crippen LogP contribution in [0.5, 0.6) is 0 Å². The van der Waals surface area contributed by atoms with Gasteiger partial charge in [-0.3, -0.25) is 0 Å². The quantitative estimate of drug-likeness (QED) is 0.906. The molecule has 108 valence electrons. The van der Waals surface area contributed by atoms with Gasteiger partial charge in [0.1, 0.15) is 4.21 Å². The average Bonchev–Trinajstić information content (AvgIpc) is 2.89. The molecule has 2 rings (SSSR count). The van der Waals surface area contributed by atoms with Gasteiger partial charge in [-0.2, -0.15) is 4.31 Å². The first kappa shape index (κ1) is 15.0. The highest BCUT2D eigenvalue weighted by Gasteiger charge is 2.33. The molecule has 0 radical (unpaired) electrons. The number of aryl methyl sites for hydroxylation is 1. The SMILES string of the molecule is CCc1ccc(S(=O)(=O)N2CCCCC2CNC)s1. The molecule has 0 saturated carbocycles. The number of rotatable bonds is 5. The lowest BCUT2D eigenvalue weighted by atomic mass is 10.1. The Balaban J connectivity index is 2.25. The van der Waals surface area contributed by atoms with Crippen molar-refractivity contribution < 1.29 is 8.42 Å². The highest BCUT2D eigenvalue weighted by atomic mass is 32.2. The van der Waals surface area contributed by atoms with Crippen molar-refractivity contribution in [2.24, 2.45) is 0 Å². The van der Waals surface area contributed by atoms with Crippen LogP contribution >= 0.6 is 11.3 Å². The summed E-state index contributed by atoms with van der Waals surface area (Å²) in [6.07, 6.45) is 3.92. The number of nitrogens with one attached hydrogen (secondary N) is 1. The van der Waals surface area contributed by atoms with Gasteiger partial charge >= 0.3 is 0 Å². The van der Waals surface area contributed by atoms with Gasteiger partial charge in [-0.25, -0.2) is 8.42 Å². The molecular formula is C13H22N2O2S2. The van der Waals surface area contributed by atoms with Gasteiger partial charge in [-0.1, -0.05) is 13.3 Å². The Hall–Kier alpha value is -0.430. The summed E-state index contributed by atoms with van der Waals surface area (Å²) in [5, 5.41) is 3.10. The first-order valence-electron chi connectivity index (χ1n) is 6.84. The second-order valence-electron chi connectivity index (χ2n) is 4.90. The van der Waals surface area contributed by atoms with E-state index in [1.165, 1.54) is 11.3 Å². The molecule has 1 aromatic rings. The molecule has 1 aliphatic heterocycles. The Morgan fingerprint density at radius 2 is 2.21 bits per heavy atom. The summed E-state index contributed by atoms with van der Waals surface area (Å²) < 4.78 is 27.6. The summed E-state index contributed by atoms with van der Waals surface area (Å²) >= 11 is 1.40. The van der Waals surface area contributed by atoms with E-state index >= 15 is 0 Å². The third-order valence-electron chi connectivity index (χ3n) is 3.56. The molecule has 2 heterocycles. The molecule has 1 aromatic heterocycles. The number of hydrogen-bond acceptors (Lipinski definition) is 4. The highest BCUT2D eigenvalue weighted by molar-refractivity contribution is 7.91. The van der Waals surface area contributed by atoms with Crippen LogP contribution in [0.15, 0.2) is 16.3 Å². The maximum absolute atomic E-state index is 12.7. The zero-order valence-electron chi connectivity index (χ0n) is 11.6. The summed E-state index contributed by atoms with van der Waals surface area (Å²) in [6, 6.07) is 3.77. The van der Waals surface area contributed by atoms with Crippen LogP contribution in [0.1, 0.15) is 31.1 Å². The second kappa shape index (κ2) is 6.35. The fourth-order valence-electron chi connectivity index (χ4n) is 2.53. The van der Waals surface area contributed by atoms with Crippen molar-refractivity contribution in [1.29, 1.82) is 0 Å². The van der Waals surface area contributed by atoms with Crippen LogP contribution < -0.4 is 5.32 Å². The Bertz CT molecular complexity index is 508. The van der Waals surface area contributed by atoms with Gasteiger partial charge < -0.3 is 5.32 Å². The van der Waals surface area contributed by atoms with E-state index < -0.39 is 10.0 Å². The molecule has 0 aliphatic carbocycles. The fourth-order valence-corrected chi connectivity index (χ4v) is 5.65. The van der Waals surface area contributed by atoms with E-state index in [1.807, 2.05) is 20.0 Å². The standard InChI is InChI=1S/C13H22N2O2S2/c1-3-12-7-8-13(18-12)19(16,17)15-9-5-4-6-11(15)10-14-2/h7-8,11,14H,3-6,9-10H2,1-2H3. The van der Waals surface area contributed by atoms with Crippen molar-refractivity contribution in [3.8, 4) is 0 Å². The zero-order valence-corrected chi connectivity index (χ0v) is 13.2.